The minimum atomic E-state index is -0.692. The number of carbonyl (C=O) groups excluding carboxylic acids is 2. The van der Waals surface area contributed by atoms with Crippen LogP contribution >= 0.6 is 17.0 Å². The Morgan fingerprint density at radius 1 is 1.20 bits per heavy atom. The van der Waals surface area contributed by atoms with Gasteiger partial charge in [0.25, 0.3) is 0 Å². The molecule has 2 aliphatic rings. The van der Waals surface area contributed by atoms with Crippen molar-refractivity contribution in [3.63, 3.8) is 0 Å². The maximum atomic E-state index is 12.2. The predicted molar refractivity (Wildman–Crippen MR) is 120 cm³/mol. The molecule has 1 saturated carbocycles. The van der Waals surface area contributed by atoms with Crippen LogP contribution in [0, 0.1) is 12.3 Å². The topological polar surface area (TPSA) is 99.8 Å². The second-order valence-corrected chi connectivity index (χ2v) is 8.37. The van der Waals surface area contributed by atoms with E-state index in [1.54, 1.807) is 0 Å². The van der Waals surface area contributed by atoms with Crippen molar-refractivity contribution in [1.82, 2.24) is 10.3 Å². The van der Waals surface area contributed by atoms with Gasteiger partial charge in [-0.15, -0.1) is 17.0 Å². The quantitative estimate of drug-likeness (QED) is 0.641. The Labute approximate surface area is 187 Å². The normalized spacial score (nSPS) is 21.3. The molecule has 0 unspecified atom stereocenters. The number of benzene rings is 1. The highest BCUT2D eigenvalue weighted by molar-refractivity contribution is 8.93. The van der Waals surface area contributed by atoms with Crippen molar-refractivity contribution in [3.05, 3.63) is 58.9 Å². The number of carbonyl (C=O) groups is 2. The molecule has 162 valence electrons. The van der Waals surface area contributed by atoms with Crippen LogP contribution in [-0.4, -0.2) is 22.3 Å². The highest BCUT2D eigenvalue weighted by Crippen LogP contribution is 2.42. The second kappa shape index (κ2) is 9.27. The lowest BCUT2D eigenvalue weighted by atomic mass is 9.73. The highest BCUT2D eigenvalue weighted by atomic mass is 79.9. The third kappa shape index (κ3) is 4.90. The molecule has 2 amide bonds. The number of rotatable bonds is 6. The first-order valence-corrected chi connectivity index (χ1v) is 9.89. The van der Waals surface area contributed by atoms with Gasteiger partial charge in [-0.2, -0.15) is 0 Å². The van der Waals surface area contributed by atoms with Gasteiger partial charge in [0.2, 0.25) is 11.8 Å². The first-order valence-electron chi connectivity index (χ1n) is 9.89. The summed E-state index contributed by atoms with van der Waals surface area (Å²) in [6.45, 7) is 6.35. The lowest BCUT2D eigenvalue weighted by Crippen LogP contribution is -2.33. The summed E-state index contributed by atoms with van der Waals surface area (Å²) in [5.74, 6) is 1.04. The van der Waals surface area contributed by atoms with Gasteiger partial charge in [-0.05, 0) is 43.7 Å². The summed E-state index contributed by atoms with van der Waals surface area (Å²) >= 11 is 0. The van der Waals surface area contributed by atoms with Crippen LogP contribution in [0.5, 0.6) is 5.75 Å². The predicted octanol–water partition coefficient (Wildman–Crippen LogP) is 3.76. The molecule has 2 aromatic rings. The summed E-state index contributed by atoms with van der Waals surface area (Å²) in [5.41, 5.74) is 3.54. The zero-order valence-corrected chi connectivity index (χ0v) is 19.2. The third-order valence-electron chi connectivity index (χ3n) is 6.08. The number of hydrogen-bond donors (Lipinski definition) is 1. The Morgan fingerprint density at radius 3 is 2.43 bits per heavy atom. The third-order valence-corrected chi connectivity index (χ3v) is 6.08. The molecule has 3 N–H and O–H groups in total. The van der Waals surface area contributed by atoms with Crippen molar-refractivity contribution in [1.29, 1.82) is 0 Å². The molecule has 4 rings (SSSR count). The molecule has 2 fully saturated rings. The molecule has 30 heavy (non-hydrogen) atoms. The molecule has 0 radical (unpaired) electrons. The molecule has 1 aliphatic carbocycles. The summed E-state index contributed by atoms with van der Waals surface area (Å²) < 4.78 is 5.99. The van der Waals surface area contributed by atoms with E-state index in [1.165, 1.54) is 12.8 Å². The van der Waals surface area contributed by atoms with E-state index in [9.17, 15) is 9.59 Å². The van der Waals surface area contributed by atoms with Crippen LogP contribution in [0.1, 0.15) is 67.5 Å². The van der Waals surface area contributed by atoms with Crippen molar-refractivity contribution in [2.24, 2.45) is 5.41 Å². The molecule has 0 spiro atoms. The molecule has 2 atom stereocenters. The summed E-state index contributed by atoms with van der Waals surface area (Å²) in [7, 11) is 0. The summed E-state index contributed by atoms with van der Waals surface area (Å²) in [5, 5.41) is 2.43. The second-order valence-electron chi connectivity index (χ2n) is 8.37. The minimum absolute atomic E-state index is 0. The van der Waals surface area contributed by atoms with E-state index in [-0.39, 0.29) is 46.6 Å². The van der Waals surface area contributed by atoms with E-state index in [0.29, 0.717) is 12.5 Å². The monoisotopic (exact) mass is 476 g/mol. The number of nitrogens with zero attached hydrogens (tertiary/aromatic N) is 1. The maximum absolute atomic E-state index is 12.2. The highest BCUT2D eigenvalue weighted by Gasteiger charge is 2.46. The van der Waals surface area contributed by atoms with Gasteiger partial charge in [0, 0.05) is 35.9 Å². The van der Waals surface area contributed by atoms with Crippen LogP contribution in [0.15, 0.2) is 36.4 Å². The first-order chi connectivity index (χ1) is 13.3. The molecule has 7 heteroatoms. The fourth-order valence-corrected chi connectivity index (χ4v) is 3.85. The fraction of sp³-hybridized carbons (Fsp3) is 0.435. The van der Waals surface area contributed by atoms with E-state index in [2.05, 4.69) is 16.4 Å². The molecular formula is C23H29BrN2O4. The zero-order chi connectivity index (χ0) is 19.9. The van der Waals surface area contributed by atoms with Gasteiger partial charge in [-0.1, -0.05) is 31.2 Å². The SMILES string of the molecule is Br.Cc1cc(OCc2ccc([C@@H](C)[C@]3(C)CC(=O)NC3=O)cc2)cc(C2CC2)n1.O. The number of nitrogens with one attached hydrogen (secondary N) is 1. The first kappa shape index (κ1) is 24.0. The molecule has 1 aliphatic heterocycles. The Bertz CT molecular complexity index is 927. The van der Waals surface area contributed by atoms with Crippen LogP contribution in [0.2, 0.25) is 0 Å². The van der Waals surface area contributed by atoms with Gasteiger partial charge < -0.3 is 10.2 Å². The van der Waals surface area contributed by atoms with Crippen molar-refractivity contribution in [2.45, 2.75) is 58.5 Å². The van der Waals surface area contributed by atoms with E-state index in [4.69, 9.17) is 4.74 Å². The lowest BCUT2D eigenvalue weighted by Gasteiger charge is -2.28. The number of imide groups is 1. The Hall–Kier alpha value is -2.25. The standard InChI is InChI=1S/C23H26N2O3.BrH.H2O/c1-14-10-19(11-20(24-14)18-8-9-18)28-13-16-4-6-17(7-5-16)15(2)23(3)12-21(26)25-22(23)27;;/h4-7,10-11,15,18H,8-9,12-13H2,1-3H3,(H,25,26,27);1H;1H2/t15-,23+;;/m1../s1. The average molecular weight is 477 g/mol. The number of amides is 2. The summed E-state index contributed by atoms with van der Waals surface area (Å²) in [6, 6.07) is 12.1. The smallest absolute Gasteiger partial charge is 0.233 e. The van der Waals surface area contributed by atoms with E-state index < -0.39 is 5.41 Å². The van der Waals surface area contributed by atoms with E-state index in [0.717, 1.165) is 28.3 Å². The Kier molecular flexibility index (Phi) is 7.42. The summed E-state index contributed by atoms with van der Waals surface area (Å²) in [6.07, 6.45) is 2.68. The number of aromatic nitrogens is 1. The largest absolute Gasteiger partial charge is 0.489 e. The fourth-order valence-electron chi connectivity index (χ4n) is 3.85. The Balaban J connectivity index is 0.00000160. The molecule has 6 nitrogen and oxygen atoms in total. The Morgan fingerprint density at radius 2 is 1.87 bits per heavy atom. The lowest BCUT2D eigenvalue weighted by molar-refractivity contribution is -0.128. The van der Waals surface area contributed by atoms with Crippen LogP contribution in [0.25, 0.3) is 0 Å². The van der Waals surface area contributed by atoms with Crippen LogP contribution in [-0.2, 0) is 16.2 Å². The van der Waals surface area contributed by atoms with Crippen molar-refractivity contribution >= 4 is 28.8 Å². The van der Waals surface area contributed by atoms with Gasteiger partial charge in [0.1, 0.15) is 12.4 Å². The minimum Gasteiger partial charge on any atom is -0.489 e. The van der Waals surface area contributed by atoms with E-state index >= 15 is 0 Å². The van der Waals surface area contributed by atoms with Crippen LogP contribution < -0.4 is 10.1 Å². The van der Waals surface area contributed by atoms with Crippen LogP contribution in [0.3, 0.4) is 0 Å². The maximum Gasteiger partial charge on any atom is 0.233 e. The molecular weight excluding hydrogens is 448 g/mol. The molecule has 1 aromatic carbocycles. The van der Waals surface area contributed by atoms with Crippen molar-refractivity contribution < 1.29 is 19.8 Å². The molecule has 1 saturated heterocycles. The average Bonchev–Trinajstić information content (AvgIpc) is 3.47. The molecule has 1 aromatic heterocycles. The van der Waals surface area contributed by atoms with Gasteiger partial charge in [-0.3, -0.25) is 19.9 Å². The summed E-state index contributed by atoms with van der Waals surface area (Å²) in [4.78, 5) is 28.4. The van der Waals surface area contributed by atoms with Crippen LogP contribution in [0.4, 0.5) is 0 Å². The van der Waals surface area contributed by atoms with Gasteiger partial charge in [0.05, 0.1) is 5.41 Å². The number of aryl methyl sites for hydroxylation is 1. The van der Waals surface area contributed by atoms with Gasteiger partial charge in [0.15, 0.2) is 0 Å². The number of pyridine rings is 1. The van der Waals surface area contributed by atoms with E-state index in [1.807, 2.05) is 51.1 Å². The molecule has 2 heterocycles. The van der Waals surface area contributed by atoms with Gasteiger partial charge in [-0.25, -0.2) is 0 Å². The zero-order valence-electron chi connectivity index (χ0n) is 17.5. The number of ether oxygens (including phenoxy) is 1. The number of hydrogen-bond acceptors (Lipinski definition) is 4. The van der Waals surface area contributed by atoms with Crippen molar-refractivity contribution in [2.75, 3.05) is 0 Å². The van der Waals surface area contributed by atoms with Gasteiger partial charge >= 0.3 is 0 Å². The molecule has 0 bridgehead atoms. The number of halogens is 1. The van der Waals surface area contributed by atoms with Crippen molar-refractivity contribution in [3.8, 4) is 5.75 Å².